The number of ether oxygens (including phenoxy) is 3. The van der Waals surface area contributed by atoms with Crippen molar-refractivity contribution in [1.29, 1.82) is 0 Å². The third kappa shape index (κ3) is 8.13. The quantitative estimate of drug-likeness (QED) is 0.411. The number of hydrogen-bond acceptors (Lipinski definition) is 5. The summed E-state index contributed by atoms with van der Waals surface area (Å²) >= 11 is 0. The van der Waals surface area contributed by atoms with E-state index < -0.39 is 0 Å². The molecule has 0 unspecified atom stereocenters. The molecule has 1 amide bonds. The van der Waals surface area contributed by atoms with Gasteiger partial charge in [-0.15, -0.1) is 0 Å². The third-order valence-corrected chi connectivity index (χ3v) is 5.17. The summed E-state index contributed by atoms with van der Waals surface area (Å²) in [5.74, 6) is 2.14. The van der Waals surface area contributed by atoms with E-state index in [2.05, 4.69) is 25.7 Å². The van der Waals surface area contributed by atoms with Crippen molar-refractivity contribution in [2.24, 2.45) is 0 Å². The van der Waals surface area contributed by atoms with E-state index in [1.807, 2.05) is 48.5 Å². The van der Waals surface area contributed by atoms with E-state index in [-0.39, 0.29) is 12.5 Å². The van der Waals surface area contributed by atoms with E-state index in [0.29, 0.717) is 18.9 Å². The van der Waals surface area contributed by atoms with Crippen molar-refractivity contribution in [2.45, 2.75) is 33.6 Å². The highest BCUT2D eigenvalue weighted by atomic mass is 16.5. The predicted octanol–water partition coefficient (Wildman–Crippen LogP) is 4.63. The number of rotatable bonds is 14. The Morgan fingerprint density at radius 1 is 0.806 bits per heavy atom. The van der Waals surface area contributed by atoms with Gasteiger partial charge in [0, 0.05) is 18.8 Å². The van der Waals surface area contributed by atoms with Crippen LogP contribution in [-0.4, -0.2) is 57.3 Å². The summed E-state index contributed by atoms with van der Waals surface area (Å²) in [5.41, 5.74) is 0.834. The van der Waals surface area contributed by atoms with E-state index in [0.717, 1.165) is 49.7 Å². The summed E-state index contributed by atoms with van der Waals surface area (Å²) in [7, 11) is 1.63. The molecule has 0 fully saturated rings. The van der Waals surface area contributed by atoms with Crippen LogP contribution in [-0.2, 0) is 4.79 Å². The van der Waals surface area contributed by atoms with Gasteiger partial charge in [0.1, 0.15) is 17.2 Å². The zero-order valence-electron chi connectivity index (χ0n) is 19.3. The van der Waals surface area contributed by atoms with Crippen LogP contribution in [0.15, 0.2) is 48.5 Å². The van der Waals surface area contributed by atoms with Crippen LogP contribution in [0.4, 0.5) is 5.69 Å². The lowest BCUT2D eigenvalue weighted by Gasteiger charge is -2.27. The van der Waals surface area contributed by atoms with Crippen molar-refractivity contribution in [3.05, 3.63) is 48.5 Å². The van der Waals surface area contributed by atoms with Gasteiger partial charge < -0.3 is 24.0 Å². The highest BCUT2D eigenvalue weighted by Gasteiger charge is 2.17. The van der Waals surface area contributed by atoms with Gasteiger partial charge in [-0.1, -0.05) is 27.2 Å². The molecule has 2 aromatic rings. The lowest BCUT2D eigenvalue weighted by atomic mass is 10.2. The van der Waals surface area contributed by atoms with Crippen LogP contribution < -0.4 is 19.1 Å². The number of benzene rings is 2. The number of anilines is 1. The maximum absolute atomic E-state index is 13.0. The van der Waals surface area contributed by atoms with Crippen LogP contribution >= 0.6 is 0 Å². The zero-order chi connectivity index (χ0) is 22.5. The number of likely N-dealkylation sites (N-methyl/N-ethyl adjacent to an activating group) is 1. The fourth-order valence-corrected chi connectivity index (χ4v) is 3.13. The minimum Gasteiger partial charge on any atom is -0.497 e. The Balaban J connectivity index is 2.00. The number of carbonyl (C=O) groups excluding carboxylic acids is 1. The van der Waals surface area contributed by atoms with Crippen molar-refractivity contribution >= 4 is 11.6 Å². The highest BCUT2D eigenvalue weighted by Crippen LogP contribution is 2.21. The first-order valence-electron chi connectivity index (χ1n) is 11.1. The Kier molecular flexibility index (Phi) is 10.7. The summed E-state index contributed by atoms with van der Waals surface area (Å²) in [4.78, 5) is 17.1. The molecule has 31 heavy (non-hydrogen) atoms. The number of nitrogens with zero attached hydrogens (tertiary/aromatic N) is 2. The summed E-state index contributed by atoms with van der Waals surface area (Å²) in [6, 6.07) is 15.0. The summed E-state index contributed by atoms with van der Waals surface area (Å²) in [6.45, 7) is 10.4. The number of methoxy groups -OCH3 is 1. The van der Waals surface area contributed by atoms with E-state index in [1.54, 1.807) is 12.0 Å². The number of carbonyl (C=O) groups is 1. The van der Waals surface area contributed by atoms with E-state index in [4.69, 9.17) is 14.2 Å². The van der Waals surface area contributed by atoms with Gasteiger partial charge in [0.25, 0.3) is 5.91 Å². The monoisotopic (exact) mass is 428 g/mol. The van der Waals surface area contributed by atoms with Gasteiger partial charge in [0.2, 0.25) is 0 Å². The van der Waals surface area contributed by atoms with Crippen molar-refractivity contribution < 1.29 is 19.0 Å². The first-order chi connectivity index (χ1) is 15.1. The fourth-order valence-electron chi connectivity index (χ4n) is 3.13. The van der Waals surface area contributed by atoms with Crippen LogP contribution in [0.25, 0.3) is 0 Å². The third-order valence-electron chi connectivity index (χ3n) is 5.17. The van der Waals surface area contributed by atoms with Crippen molar-refractivity contribution in [2.75, 3.05) is 51.4 Å². The van der Waals surface area contributed by atoms with E-state index in [9.17, 15) is 4.79 Å². The smallest absolute Gasteiger partial charge is 0.264 e. The Morgan fingerprint density at radius 3 is 1.94 bits per heavy atom. The molecule has 2 aromatic carbocycles. The van der Waals surface area contributed by atoms with Crippen LogP contribution in [0.1, 0.15) is 33.6 Å². The topological polar surface area (TPSA) is 51.2 Å². The van der Waals surface area contributed by atoms with Crippen molar-refractivity contribution in [3.63, 3.8) is 0 Å². The van der Waals surface area contributed by atoms with E-state index in [1.165, 1.54) is 0 Å². The second-order valence-corrected chi connectivity index (χ2v) is 7.23. The van der Waals surface area contributed by atoms with Gasteiger partial charge in [-0.2, -0.15) is 0 Å². The van der Waals surface area contributed by atoms with Crippen LogP contribution in [0.2, 0.25) is 0 Å². The zero-order valence-corrected chi connectivity index (χ0v) is 19.3. The standard InChI is InChI=1S/C25H36N2O4/c1-5-8-19-30-23-13-15-24(16-14-23)31-20-25(28)27(18-17-26(6-2)7-3)21-9-11-22(29-4)12-10-21/h9-16H,5-8,17-20H2,1-4H3. The molecule has 0 atom stereocenters. The fraction of sp³-hybridized carbons (Fsp3) is 0.480. The molecule has 0 radical (unpaired) electrons. The minimum absolute atomic E-state index is 0.0275. The number of unbranched alkanes of at least 4 members (excludes halogenated alkanes) is 1. The molecule has 6 nitrogen and oxygen atoms in total. The molecule has 170 valence electrons. The average Bonchev–Trinajstić information content (AvgIpc) is 2.81. The van der Waals surface area contributed by atoms with Gasteiger partial charge in [-0.05, 0) is 68.0 Å². The molecule has 0 aliphatic heterocycles. The highest BCUT2D eigenvalue weighted by molar-refractivity contribution is 5.94. The molecular formula is C25H36N2O4. The minimum atomic E-state index is -0.0828. The second-order valence-electron chi connectivity index (χ2n) is 7.23. The molecule has 0 aliphatic carbocycles. The first-order valence-corrected chi connectivity index (χ1v) is 11.1. The Labute approximate surface area is 186 Å². The second kappa shape index (κ2) is 13.5. The lowest BCUT2D eigenvalue weighted by molar-refractivity contribution is -0.120. The predicted molar refractivity (Wildman–Crippen MR) is 125 cm³/mol. The molecular weight excluding hydrogens is 392 g/mol. The van der Waals surface area contributed by atoms with Crippen molar-refractivity contribution in [1.82, 2.24) is 4.90 Å². The summed E-state index contributed by atoms with van der Waals surface area (Å²) in [6.07, 6.45) is 2.13. The lowest BCUT2D eigenvalue weighted by Crippen LogP contribution is -2.41. The molecule has 0 N–H and O–H groups in total. The van der Waals surface area contributed by atoms with Crippen molar-refractivity contribution in [3.8, 4) is 17.2 Å². The van der Waals surface area contributed by atoms with Gasteiger partial charge in [0.05, 0.1) is 13.7 Å². The molecule has 0 saturated carbocycles. The van der Waals surface area contributed by atoms with Crippen LogP contribution in [0.3, 0.4) is 0 Å². The van der Waals surface area contributed by atoms with Crippen LogP contribution in [0.5, 0.6) is 17.2 Å². The Hall–Kier alpha value is -2.73. The number of hydrogen-bond donors (Lipinski definition) is 0. The van der Waals surface area contributed by atoms with Gasteiger partial charge >= 0.3 is 0 Å². The number of amides is 1. The SMILES string of the molecule is CCCCOc1ccc(OCC(=O)N(CCN(CC)CC)c2ccc(OC)cc2)cc1. The summed E-state index contributed by atoms with van der Waals surface area (Å²) in [5, 5.41) is 0. The Morgan fingerprint density at radius 2 is 1.39 bits per heavy atom. The maximum Gasteiger partial charge on any atom is 0.264 e. The van der Waals surface area contributed by atoms with E-state index >= 15 is 0 Å². The van der Waals surface area contributed by atoms with Gasteiger partial charge in [0.15, 0.2) is 6.61 Å². The molecule has 0 heterocycles. The molecule has 2 rings (SSSR count). The van der Waals surface area contributed by atoms with Gasteiger partial charge in [-0.3, -0.25) is 4.79 Å². The Bertz CT molecular complexity index is 758. The molecule has 0 aliphatic rings. The van der Waals surface area contributed by atoms with Crippen LogP contribution in [0, 0.1) is 0 Å². The molecule has 0 aromatic heterocycles. The summed E-state index contributed by atoms with van der Waals surface area (Å²) < 4.78 is 16.7. The van der Waals surface area contributed by atoms with Gasteiger partial charge in [-0.25, -0.2) is 0 Å². The molecule has 6 heteroatoms. The normalized spacial score (nSPS) is 10.7. The molecule has 0 bridgehead atoms. The molecule has 0 saturated heterocycles. The largest absolute Gasteiger partial charge is 0.497 e. The molecule has 0 spiro atoms. The first kappa shape index (κ1) is 24.5. The maximum atomic E-state index is 13.0. The average molecular weight is 429 g/mol.